The number of piperidine rings is 1. The zero-order valence-corrected chi connectivity index (χ0v) is 11.2. The van der Waals surface area contributed by atoms with E-state index in [-0.39, 0.29) is 24.9 Å². The van der Waals surface area contributed by atoms with E-state index in [1.807, 2.05) is 0 Å². The molecule has 0 aromatic carbocycles. The minimum atomic E-state index is -0.859. The van der Waals surface area contributed by atoms with Crippen LogP contribution < -0.4 is 0 Å². The number of carbonyl (C=O) groups is 3. The van der Waals surface area contributed by atoms with Crippen molar-refractivity contribution in [3.63, 3.8) is 0 Å². The molecule has 2 saturated heterocycles. The summed E-state index contributed by atoms with van der Waals surface area (Å²) in [6.07, 6.45) is 2.61. The van der Waals surface area contributed by atoms with Crippen molar-refractivity contribution in [2.45, 2.75) is 32.6 Å². The average Bonchev–Trinajstić information content (AvgIpc) is 2.75. The first kappa shape index (κ1) is 13.8. The summed E-state index contributed by atoms with van der Waals surface area (Å²) in [5.41, 5.74) is -0.858. The lowest BCUT2D eigenvalue weighted by atomic mass is 9.82. The van der Waals surface area contributed by atoms with E-state index in [4.69, 9.17) is 0 Å². The Kier molecular flexibility index (Phi) is 3.78. The van der Waals surface area contributed by atoms with Crippen LogP contribution >= 0.6 is 0 Å². The van der Waals surface area contributed by atoms with E-state index in [0.717, 1.165) is 6.42 Å². The Morgan fingerprint density at radius 3 is 2.63 bits per heavy atom. The Bertz CT molecular complexity index is 409. The maximum absolute atomic E-state index is 12.1. The summed E-state index contributed by atoms with van der Waals surface area (Å²) in [5, 5.41) is 9.22. The molecule has 1 N–H and O–H groups in total. The fraction of sp³-hybridized carbons (Fsp3) is 0.769. The first-order chi connectivity index (χ1) is 8.92. The van der Waals surface area contributed by atoms with Crippen LogP contribution in [0.25, 0.3) is 0 Å². The predicted octanol–water partition coefficient (Wildman–Crippen LogP) is 0.322. The zero-order chi connectivity index (χ0) is 14.0. The number of likely N-dealkylation sites (tertiary alicyclic amines) is 2. The summed E-state index contributed by atoms with van der Waals surface area (Å²) in [4.78, 5) is 38.0. The van der Waals surface area contributed by atoms with E-state index in [0.29, 0.717) is 32.4 Å². The van der Waals surface area contributed by atoms with Gasteiger partial charge in [0.15, 0.2) is 0 Å². The summed E-state index contributed by atoms with van der Waals surface area (Å²) < 4.78 is 0. The first-order valence-electron chi connectivity index (χ1n) is 6.71. The molecule has 106 valence electrons. The van der Waals surface area contributed by atoms with Crippen molar-refractivity contribution in [2.75, 3.05) is 26.2 Å². The maximum atomic E-state index is 12.1. The molecular weight excluding hydrogens is 248 g/mol. The van der Waals surface area contributed by atoms with Gasteiger partial charge in [-0.15, -0.1) is 0 Å². The van der Waals surface area contributed by atoms with Crippen molar-refractivity contribution in [1.29, 1.82) is 0 Å². The van der Waals surface area contributed by atoms with Gasteiger partial charge in [0.25, 0.3) is 0 Å². The van der Waals surface area contributed by atoms with Crippen molar-refractivity contribution < 1.29 is 19.5 Å². The topological polar surface area (TPSA) is 77.9 Å². The number of nitrogens with zero attached hydrogens (tertiary/aromatic N) is 2. The fourth-order valence-electron chi connectivity index (χ4n) is 2.76. The van der Waals surface area contributed by atoms with Crippen molar-refractivity contribution >= 4 is 17.8 Å². The molecule has 6 nitrogen and oxygen atoms in total. The molecule has 19 heavy (non-hydrogen) atoms. The second-order valence-electron chi connectivity index (χ2n) is 5.70. The van der Waals surface area contributed by atoms with Crippen LogP contribution in [0.4, 0.5) is 0 Å². The molecule has 0 spiro atoms. The van der Waals surface area contributed by atoms with Gasteiger partial charge >= 0.3 is 5.97 Å². The minimum absolute atomic E-state index is 0.0198. The number of hydrogen-bond donors (Lipinski definition) is 1. The van der Waals surface area contributed by atoms with Crippen LogP contribution in [0, 0.1) is 5.41 Å². The summed E-state index contributed by atoms with van der Waals surface area (Å²) in [6, 6.07) is 0. The number of carboxylic acid groups (broad SMARTS) is 1. The molecule has 2 heterocycles. The summed E-state index contributed by atoms with van der Waals surface area (Å²) in [5.74, 6) is -0.976. The van der Waals surface area contributed by atoms with Crippen LogP contribution in [-0.4, -0.2) is 58.9 Å². The van der Waals surface area contributed by atoms with Crippen LogP contribution in [-0.2, 0) is 14.4 Å². The van der Waals surface area contributed by atoms with Crippen molar-refractivity contribution in [1.82, 2.24) is 9.80 Å². The number of amides is 2. The second kappa shape index (κ2) is 5.19. The minimum Gasteiger partial charge on any atom is -0.481 e. The first-order valence-corrected chi connectivity index (χ1v) is 6.71. The van der Waals surface area contributed by atoms with Gasteiger partial charge in [0.05, 0.1) is 12.0 Å². The molecule has 0 aromatic heterocycles. The van der Waals surface area contributed by atoms with Crippen LogP contribution in [0.3, 0.4) is 0 Å². The third kappa shape index (κ3) is 2.88. The molecule has 1 atom stereocenters. The molecule has 0 radical (unpaired) electrons. The number of aliphatic carboxylic acids is 1. The molecule has 0 aliphatic carbocycles. The SMILES string of the molecule is CC1(C(=O)O)CCCN(C(=O)CN2CCCC2=O)C1. The van der Waals surface area contributed by atoms with Crippen LogP contribution in [0.1, 0.15) is 32.6 Å². The highest BCUT2D eigenvalue weighted by atomic mass is 16.4. The van der Waals surface area contributed by atoms with Crippen LogP contribution in [0.2, 0.25) is 0 Å². The quantitative estimate of drug-likeness (QED) is 0.799. The average molecular weight is 268 g/mol. The van der Waals surface area contributed by atoms with Gasteiger partial charge in [-0.05, 0) is 26.2 Å². The molecular formula is C13H20N2O4. The summed E-state index contributed by atoms with van der Waals surface area (Å²) in [7, 11) is 0. The lowest BCUT2D eigenvalue weighted by Crippen LogP contribution is -2.51. The largest absolute Gasteiger partial charge is 0.481 e. The Labute approximate surface area is 112 Å². The third-order valence-corrected chi connectivity index (χ3v) is 4.06. The van der Waals surface area contributed by atoms with Crippen LogP contribution in [0.15, 0.2) is 0 Å². The Morgan fingerprint density at radius 1 is 1.32 bits per heavy atom. The Morgan fingerprint density at radius 2 is 2.05 bits per heavy atom. The molecule has 0 bridgehead atoms. The molecule has 2 rings (SSSR count). The third-order valence-electron chi connectivity index (χ3n) is 4.06. The summed E-state index contributed by atoms with van der Waals surface area (Å²) in [6.45, 7) is 3.23. The van der Waals surface area contributed by atoms with Crippen LogP contribution in [0.5, 0.6) is 0 Å². The van der Waals surface area contributed by atoms with Crippen molar-refractivity contribution in [3.8, 4) is 0 Å². The van der Waals surface area contributed by atoms with Gasteiger partial charge in [-0.3, -0.25) is 14.4 Å². The van der Waals surface area contributed by atoms with Gasteiger partial charge in [-0.2, -0.15) is 0 Å². The van der Waals surface area contributed by atoms with E-state index in [2.05, 4.69) is 0 Å². The number of hydrogen-bond acceptors (Lipinski definition) is 3. The Hall–Kier alpha value is -1.59. The Balaban J connectivity index is 1.95. The smallest absolute Gasteiger partial charge is 0.311 e. The molecule has 2 fully saturated rings. The van der Waals surface area contributed by atoms with Crippen molar-refractivity contribution in [3.05, 3.63) is 0 Å². The van der Waals surface area contributed by atoms with E-state index in [1.165, 1.54) is 0 Å². The molecule has 2 amide bonds. The van der Waals surface area contributed by atoms with E-state index < -0.39 is 11.4 Å². The highest BCUT2D eigenvalue weighted by Crippen LogP contribution is 2.29. The fourth-order valence-corrected chi connectivity index (χ4v) is 2.76. The van der Waals surface area contributed by atoms with Gasteiger partial charge in [0.1, 0.15) is 0 Å². The zero-order valence-electron chi connectivity index (χ0n) is 11.2. The monoisotopic (exact) mass is 268 g/mol. The lowest BCUT2D eigenvalue weighted by molar-refractivity contribution is -0.154. The normalized spacial score (nSPS) is 27.7. The van der Waals surface area contributed by atoms with Gasteiger partial charge in [-0.25, -0.2) is 0 Å². The highest BCUT2D eigenvalue weighted by Gasteiger charge is 2.39. The molecule has 1 unspecified atom stereocenters. The molecule has 2 aliphatic rings. The van der Waals surface area contributed by atoms with Gasteiger partial charge in [0, 0.05) is 26.1 Å². The lowest BCUT2D eigenvalue weighted by Gasteiger charge is -2.38. The predicted molar refractivity (Wildman–Crippen MR) is 67.4 cm³/mol. The van der Waals surface area contributed by atoms with Gasteiger partial charge < -0.3 is 14.9 Å². The number of rotatable bonds is 3. The standard InChI is InChI=1S/C13H20N2O4/c1-13(12(18)19)5-3-7-15(9-13)11(17)8-14-6-2-4-10(14)16/h2-9H2,1H3,(H,18,19). The summed E-state index contributed by atoms with van der Waals surface area (Å²) >= 11 is 0. The van der Waals surface area contributed by atoms with E-state index in [9.17, 15) is 19.5 Å². The number of carboxylic acids is 1. The number of carbonyl (C=O) groups excluding carboxylic acids is 2. The van der Waals surface area contributed by atoms with Gasteiger partial charge in [-0.1, -0.05) is 0 Å². The van der Waals surface area contributed by atoms with Gasteiger partial charge in [0.2, 0.25) is 11.8 Å². The van der Waals surface area contributed by atoms with E-state index in [1.54, 1.807) is 16.7 Å². The molecule has 6 heteroatoms. The van der Waals surface area contributed by atoms with E-state index >= 15 is 0 Å². The maximum Gasteiger partial charge on any atom is 0.311 e. The highest BCUT2D eigenvalue weighted by molar-refractivity contribution is 5.86. The van der Waals surface area contributed by atoms with Crippen molar-refractivity contribution in [2.24, 2.45) is 5.41 Å². The second-order valence-corrected chi connectivity index (χ2v) is 5.70. The molecule has 0 aromatic rings. The molecule has 0 saturated carbocycles. The molecule has 2 aliphatic heterocycles.